The molecule has 0 radical (unpaired) electrons. The van der Waals surface area contributed by atoms with Crippen molar-refractivity contribution in [2.24, 2.45) is 11.8 Å². The van der Waals surface area contributed by atoms with Crippen molar-refractivity contribution in [2.45, 2.75) is 27.2 Å². The van der Waals surface area contributed by atoms with E-state index in [4.69, 9.17) is 4.74 Å². The summed E-state index contributed by atoms with van der Waals surface area (Å²) in [6.07, 6.45) is 1.25. The van der Waals surface area contributed by atoms with E-state index in [-0.39, 0.29) is 5.78 Å². The molecular formula is C21H27NO2. The van der Waals surface area contributed by atoms with Crippen LogP contribution in [-0.4, -0.2) is 36.9 Å². The first-order valence-electron chi connectivity index (χ1n) is 8.98. The average molecular weight is 325 g/mol. The Labute approximate surface area is 144 Å². The lowest BCUT2D eigenvalue weighted by molar-refractivity contribution is 0.0848. The molecule has 128 valence electrons. The van der Waals surface area contributed by atoms with Gasteiger partial charge in [0.25, 0.3) is 0 Å². The predicted molar refractivity (Wildman–Crippen MR) is 98.8 cm³/mol. The summed E-state index contributed by atoms with van der Waals surface area (Å²) in [6, 6.07) is 12.0. The van der Waals surface area contributed by atoms with Gasteiger partial charge in [0.05, 0.1) is 18.7 Å². The summed E-state index contributed by atoms with van der Waals surface area (Å²) in [4.78, 5) is 15.4. The summed E-state index contributed by atoms with van der Waals surface area (Å²) in [5, 5.41) is 2.08. The minimum atomic E-state index is 0.163. The largest absolute Gasteiger partial charge is 0.493 e. The standard InChI is InChI=1S/C21H27NO2/c1-4-24-20-10-9-17-7-5-6-8-18(17)21(20)19(23)14-22-12-15(2)11-16(3)13-22/h5-10,15-16H,4,11-14H2,1-3H3. The molecule has 2 atom stereocenters. The molecule has 1 aliphatic heterocycles. The molecule has 0 aliphatic carbocycles. The third-order valence-electron chi connectivity index (χ3n) is 4.78. The molecule has 2 aromatic carbocycles. The molecular weight excluding hydrogens is 298 g/mol. The highest BCUT2D eigenvalue weighted by Crippen LogP contribution is 2.29. The van der Waals surface area contributed by atoms with E-state index >= 15 is 0 Å². The molecule has 0 bridgehead atoms. The van der Waals surface area contributed by atoms with Crippen molar-refractivity contribution in [1.82, 2.24) is 4.90 Å². The average Bonchev–Trinajstić information content (AvgIpc) is 2.53. The Kier molecular flexibility index (Phi) is 5.20. The van der Waals surface area contributed by atoms with E-state index in [2.05, 4.69) is 18.7 Å². The number of ether oxygens (including phenoxy) is 1. The number of likely N-dealkylation sites (tertiary alicyclic amines) is 1. The van der Waals surface area contributed by atoms with Crippen LogP contribution in [0.25, 0.3) is 10.8 Å². The molecule has 3 heteroatoms. The summed E-state index contributed by atoms with van der Waals surface area (Å²) in [5.74, 6) is 2.18. The number of carbonyl (C=O) groups is 1. The monoisotopic (exact) mass is 325 g/mol. The number of ketones is 1. The van der Waals surface area contributed by atoms with Crippen molar-refractivity contribution in [3.63, 3.8) is 0 Å². The van der Waals surface area contributed by atoms with E-state index in [9.17, 15) is 4.79 Å². The number of hydrogen-bond acceptors (Lipinski definition) is 3. The molecule has 0 saturated carbocycles. The summed E-state index contributed by atoms with van der Waals surface area (Å²) in [5.41, 5.74) is 0.737. The van der Waals surface area contributed by atoms with Crippen LogP contribution in [0.2, 0.25) is 0 Å². The van der Waals surface area contributed by atoms with Gasteiger partial charge >= 0.3 is 0 Å². The fourth-order valence-electron chi connectivity index (χ4n) is 4.02. The second-order valence-corrected chi connectivity index (χ2v) is 7.16. The Morgan fingerprint density at radius 2 is 1.83 bits per heavy atom. The lowest BCUT2D eigenvalue weighted by atomic mass is 9.91. The zero-order valence-corrected chi connectivity index (χ0v) is 14.9. The molecule has 1 fully saturated rings. The zero-order valence-electron chi connectivity index (χ0n) is 14.9. The maximum atomic E-state index is 13.1. The van der Waals surface area contributed by atoms with Crippen molar-refractivity contribution in [3.05, 3.63) is 42.0 Å². The number of carbonyl (C=O) groups excluding carboxylic acids is 1. The van der Waals surface area contributed by atoms with Crippen LogP contribution in [0.4, 0.5) is 0 Å². The molecule has 24 heavy (non-hydrogen) atoms. The first-order chi connectivity index (χ1) is 11.6. The van der Waals surface area contributed by atoms with Gasteiger partial charge in [0.15, 0.2) is 5.78 Å². The summed E-state index contributed by atoms with van der Waals surface area (Å²) in [6.45, 7) is 9.56. The Bertz CT molecular complexity index is 715. The lowest BCUT2D eigenvalue weighted by Gasteiger charge is -2.34. The molecule has 1 heterocycles. The van der Waals surface area contributed by atoms with E-state index in [0.29, 0.717) is 30.7 Å². The van der Waals surface area contributed by atoms with Gasteiger partial charge in [0.2, 0.25) is 0 Å². The zero-order chi connectivity index (χ0) is 17.1. The van der Waals surface area contributed by atoms with Crippen LogP contribution in [0.5, 0.6) is 5.75 Å². The number of hydrogen-bond donors (Lipinski definition) is 0. The second-order valence-electron chi connectivity index (χ2n) is 7.16. The minimum Gasteiger partial charge on any atom is -0.493 e. The highest BCUT2D eigenvalue weighted by molar-refractivity contribution is 6.11. The van der Waals surface area contributed by atoms with Crippen molar-refractivity contribution < 1.29 is 9.53 Å². The molecule has 2 aromatic rings. The van der Waals surface area contributed by atoms with Crippen molar-refractivity contribution >= 4 is 16.6 Å². The van der Waals surface area contributed by atoms with E-state index < -0.39 is 0 Å². The molecule has 0 N–H and O–H groups in total. The van der Waals surface area contributed by atoms with Gasteiger partial charge in [-0.05, 0) is 42.0 Å². The molecule has 0 amide bonds. The van der Waals surface area contributed by atoms with E-state index in [1.165, 1.54) is 6.42 Å². The topological polar surface area (TPSA) is 29.5 Å². The van der Waals surface area contributed by atoms with Crippen molar-refractivity contribution in [1.29, 1.82) is 0 Å². The van der Waals surface area contributed by atoms with Crippen LogP contribution >= 0.6 is 0 Å². The first kappa shape index (κ1) is 17.0. The third-order valence-corrected chi connectivity index (χ3v) is 4.78. The third kappa shape index (κ3) is 3.62. The number of Topliss-reactive ketones (excluding diaryl/α,β-unsaturated/α-hetero) is 1. The molecule has 0 spiro atoms. The SMILES string of the molecule is CCOc1ccc2ccccc2c1C(=O)CN1CC(C)CC(C)C1. The second kappa shape index (κ2) is 7.35. The van der Waals surface area contributed by atoms with Gasteiger partial charge < -0.3 is 4.74 Å². The lowest BCUT2D eigenvalue weighted by Crippen LogP contribution is -2.41. The molecule has 3 nitrogen and oxygen atoms in total. The maximum Gasteiger partial charge on any atom is 0.181 e. The normalized spacial score (nSPS) is 21.8. The fraction of sp³-hybridized carbons (Fsp3) is 0.476. The molecule has 1 saturated heterocycles. The molecule has 1 aliphatic rings. The number of piperidine rings is 1. The Hall–Kier alpha value is -1.87. The van der Waals surface area contributed by atoms with Gasteiger partial charge in [0.1, 0.15) is 5.75 Å². The highest BCUT2D eigenvalue weighted by atomic mass is 16.5. The van der Waals surface area contributed by atoms with Crippen LogP contribution in [0.1, 0.15) is 37.6 Å². The minimum absolute atomic E-state index is 0.163. The van der Waals surface area contributed by atoms with E-state index in [0.717, 1.165) is 29.4 Å². The first-order valence-corrected chi connectivity index (χ1v) is 8.98. The summed E-state index contributed by atoms with van der Waals surface area (Å²) >= 11 is 0. The Morgan fingerprint density at radius 1 is 1.12 bits per heavy atom. The van der Waals surface area contributed by atoms with Crippen LogP contribution < -0.4 is 4.74 Å². The number of rotatable bonds is 5. The highest BCUT2D eigenvalue weighted by Gasteiger charge is 2.25. The van der Waals surface area contributed by atoms with Crippen LogP contribution in [0.15, 0.2) is 36.4 Å². The predicted octanol–water partition coefficient (Wildman–Crippen LogP) is 4.40. The number of fused-ring (bicyclic) bond motifs is 1. The number of benzene rings is 2. The van der Waals surface area contributed by atoms with Gasteiger partial charge in [-0.1, -0.05) is 44.2 Å². The van der Waals surface area contributed by atoms with Crippen LogP contribution in [-0.2, 0) is 0 Å². The maximum absolute atomic E-state index is 13.1. The van der Waals surface area contributed by atoms with Crippen LogP contribution in [0.3, 0.4) is 0 Å². The summed E-state index contributed by atoms with van der Waals surface area (Å²) in [7, 11) is 0. The van der Waals surface area contributed by atoms with Gasteiger partial charge in [0, 0.05) is 13.1 Å². The van der Waals surface area contributed by atoms with Gasteiger partial charge in [-0.15, -0.1) is 0 Å². The van der Waals surface area contributed by atoms with E-state index in [1.807, 2.05) is 43.3 Å². The smallest absolute Gasteiger partial charge is 0.181 e. The molecule has 3 rings (SSSR count). The quantitative estimate of drug-likeness (QED) is 0.763. The molecule has 0 aromatic heterocycles. The van der Waals surface area contributed by atoms with Gasteiger partial charge in [-0.25, -0.2) is 0 Å². The van der Waals surface area contributed by atoms with Crippen molar-refractivity contribution in [3.8, 4) is 5.75 Å². The van der Waals surface area contributed by atoms with Crippen molar-refractivity contribution in [2.75, 3.05) is 26.2 Å². The number of nitrogens with zero attached hydrogens (tertiary/aromatic N) is 1. The Morgan fingerprint density at radius 3 is 2.54 bits per heavy atom. The molecule has 2 unspecified atom stereocenters. The fourth-order valence-corrected chi connectivity index (χ4v) is 4.02. The van der Waals surface area contributed by atoms with Crippen LogP contribution in [0, 0.1) is 11.8 Å². The van der Waals surface area contributed by atoms with Gasteiger partial charge in [-0.2, -0.15) is 0 Å². The van der Waals surface area contributed by atoms with E-state index in [1.54, 1.807) is 0 Å². The Balaban J connectivity index is 1.91. The summed E-state index contributed by atoms with van der Waals surface area (Å²) < 4.78 is 5.76. The van der Waals surface area contributed by atoms with Gasteiger partial charge in [-0.3, -0.25) is 9.69 Å².